The predicted octanol–water partition coefficient (Wildman–Crippen LogP) is 4.68. The summed E-state index contributed by atoms with van der Waals surface area (Å²) >= 11 is 3.32. The Morgan fingerprint density at radius 3 is 2.88 bits per heavy atom. The maximum Gasteiger partial charge on any atom is 0.265 e. The molecule has 1 aliphatic rings. The molecular formula is C21H20BrN3O. The van der Waals surface area contributed by atoms with Crippen LogP contribution in [0.25, 0.3) is 6.08 Å². The number of rotatable bonds is 4. The van der Waals surface area contributed by atoms with Crippen molar-refractivity contribution < 1.29 is 4.79 Å². The highest BCUT2D eigenvalue weighted by Crippen LogP contribution is 2.34. The number of hydrogen-bond donors (Lipinski definition) is 0. The number of hydrogen-bond acceptors (Lipinski definition) is 3. The molecule has 0 bridgehead atoms. The summed E-state index contributed by atoms with van der Waals surface area (Å²) in [5, 5.41) is 9.56. The second kappa shape index (κ2) is 8.29. The number of halogens is 1. The highest BCUT2D eigenvalue weighted by Gasteiger charge is 2.31. The molecule has 0 spiro atoms. The standard InChI is InChI=1S/C21H20BrN3O/c1-2-6-19-18-9-4-3-7-15(18)11-12-25(19)21(26)16(14-23)13-17-8-5-10-20(22)24-17/h3-5,7-10,13,19H,2,6,11-12H2,1H3/b16-13+. The molecule has 1 aliphatic heterocycles. The number of aromatic nitrogens is 1. The van der Waals surface area contributed by atoms with E-state index < -0.39 is 0 Å². The zero-order valence-electron chi connectivity index (χ0n) is 14.7. The van der Waals surface area contributed by atoms with Gasteiger partial charge in [0.25, 0.3) is 5.91 Å². The molecule has 0 fully saturated rings. The average molecular weight is 410 g/mol. The predicted molar refractivity (Wildman–Crippen MR) is 105 cm³/mol. The van der Waals surface area contributed by atoms with E-state index >= 15 is 0 Å². The molecule has 0 aliphatic carbocycles. The van der Waals surface area contributed by atoms with Crippen molar-refractivity contribution in [2.45, 2.75) is 32.2 Å². The summed E-state index contributed by atoms with van der Waals surface area (Å²) in [4.78, 5) is 19.3. The van der Waals surface area contributed by atoms with Crippen molar-refractivity contribution in [3.8, 4) is 6.07 Å². The van der Waals surface area contributed by atoms with Crippen LogP contribution in [0.2, 0.25) is 0 Å². The molecule has 0 radical (unpaired) electrons. The molecule has 1 aromatic carbocycles. The molecule has 0 saturated carbocycles. The van der Waals surface area contributed by atoms with E-state index in [9.17, 15) is 10.1 Å². The molecule has 1 atom stereocenters. The van der Waals surface area contributed by atoms with Crippen LogP contribution in [-0.4, -0.2) is 22.3 Å². The fraction of sp³-hybridized carbons (Fsp3) is 0.286. The number of amides is 1. The van der Waals surface area contributed by atoms with E-state index in [1.54, 1.807) is 12.1 Å². The summed E-state index contributed by atoms with van der Waals surface area (Å²) in [6.45, 7) is 2.75. The number of pyridine rings is 1. The molecule has 0 saturated heterocycles. The van der Waals surface area contributed by atoms with Gasteiger partial charge >= 0.3 is 0 Å². The molecule has 5 heteroatoms. The summed E-state index contributed by atoms with van der Waals surface area (Å²) in [7, 11) is 0. The second-order valence-corrected chi connectivity index (χ2v) is 7.12. The van der Waals surface area contributed by atoms with Gasteiger partial charge < -0.3 is 4.90 Å². The highest BCUT2D eigenvalue weighted by molar-refractivity contribution is 9.10. The monoisotopic (exact) mass is 409 g/mol. The van der Waals surface area contributed by atoms with Crippen LogP contribution in [0.3, 0.4) is 0 Å². The number of carbonyl (C=O) groups is 1. The molecule has 132 valence electrons. The normalized spacial score (nSPS) is 16.7. The van der Waals surface area contributed by atoms with Gasteiger partial charge in [-0.05, 0) is 58.1 Å². The van der Waals surface area contributed by atoms with Crippen molar-refractivity contribution in [1.29, 1.82) is 5.26 Å². The molecule has 2 heterocycles. The SMILES string of the molecule is CCCC1c2ccccc2CCN1C(=O)/C(C#N)=C/c1cccc(Br)n1. The fourth-order valence-electron chi connectivity index (χ4n) is 3.43. The van der Waals surface area contributed by atoms with E-state index in [0.29, 0.717) is 16.8 Å². The third kappa shape index (κ3) is 3.86. The number of benzene rings is 1. The lowest BCUT2D eigenvalue weighted by molar-refractivity contribution is -0.129. The zero-order valence-corrected chi connectivity index (χ0v) is 16.2. The molecule has 1 amide bonds. The Morgan fingerprint density at radius 2 is 2.15 bits per heavy atom. The minimum Gasteiger partial charge on any atom is -0.331 e. The first-order valence-corrected chi connectivity index (χ1v) is 9.56. The topological polar surface area (TPSA) is 57.0 Å². The van der Waals surface area contributed by atoms with E-state index in [1.807, 2.05) is 29.2 Å². The molecule has 0 N–H and O–H groups in total. The molecule has 3 rings (SSSR count). The van der Waals surface area contributed by atoms with Crippen LogP contribution in [0.1, 0.15) is 42.6 Å². The van der Waals surface area contributed by atoms with Gasteiger partial charge in [0.15, 0.2) is 0 Å². The van der Waals surface area contributed by atoms with Crippen LogP contribution in [-0.2, 0) is 11.2 Å². The van der Waals surface area contributed by atoms with Crippen molar-refractivity contribution in [3.05, 3.63) is 69.5 Å². The van der Waals surface area contributed by atoms with Crippen molar-refractivity contribution >= 4 is 27.9 Å². The van der Waals surface area contributed by atoms with Crippen molar-refractivity contribution in [1.82, 2.24) is 9.88 Å². The van der Waals surface area contributed by atoms with Gasteiger partial charge in [-0.2, -0.15) is 5.26 Å². The molecule has 1 unspecified atom stereocenters. The molecule has 1 aromatic heterocycles. The fourth-order valence-corrected chi connectivity index (χ4v) is 3.79. The lowest BCUT2D eigenvalue weighted by Gasteiger charge is -2.37. The maximum absolute atomic E-state index is 13.1. The van der Waals surface area contributed by atoms with Crippen LogP contribution in [0, 0.1) is 11.3 Å². The minimum absolute atomic E-state index is 0.0182. The molecule has 26 heavy (non-hydrogen) atoms. The molecular weight excluding hydrogens is 390 g/mol. The smallest absolute Gasteiger partial charge is 0.265 e. The average Bonchev–Trinajstić information content (AvgIpc) is 2.66. The van der Waals surface area contributed by atoms with Crippen LogP contribution < -0.4 is 0 Å². The van der Waals surface area contributed by atoms with Crippen LogP contribution in [0.15, 0.2) is 52.6 Å². The van der Waals surface area contributed by atoms with Gasteiger partial charge in [0.1, 0.15) is 16.2 Å². The number of nitrogens with zero attached hydrogens (tertiary/aromatic N) is 3. The number of carbonyl (C=O) groups excluding carboxylic acids is 1. The van der Waals surface area contributed by atoms with Gasteiger partial charge in [-0.3, -0.25) is 4.79 Å². The second-order valence-electron chi connectivity index (χ2n) is 6.31. The van der Waals surface area contributed by atoms with E-state index in [0.717, 1.165) is 19.3 Å². The summed E-state index contributed by atoms with van der Waals surface area (Å²) < 4.78 is 0.673. The first kappa shape index (κ1) is 18.3. The minimum atomic E-state index is -0.220. The highest BCUT2D eigenvalue weighted by atomic mass is 79.9. The van der Waals surface area contributed by atoms with E-state index in [1.165, 1.54) is 11.1 Å². The van der Waals surface area contributed by atoms with Crippen LogP contribution in [0.5, 0.6) is 0 Å². The van der Waals surface area contributed by atoms with Gasteiger partial charge in [-0.1, -0.05) is 43.7 Å². The Bertz CT molecular complexity index is 885. The maximum atomic E-state index is 13.1. The van der Waals surface area contributed by atoms with Gasteiger partial charge in [0.05, 0.1) is 11.7 Å². The summed E-state index contributed by atoms with van der Waals surface area (Å²) in [6, 6.07) is 15.8. The third-order valence-corrected chi connectivity index (χ3v) is 5.06. The van der Waals surface area contributed by atoms with E-state index in [4.69, 9.17) is 0 Å². The summed E-state index contributed by atoms with van der Waals surface area (Å²) in [5.41, 5.74) is 3.21. The van der Waals surface area contributed by atoms with Crippen molar-refractivity contribution in [2.75, 3.05) is 6.54 Å². The number of fused-ring (bicyclic) bond motifs is 1. The Morgan fingerprint density at radius 1 is 1.35 bits per heavy atom. The summed E-state index contributed by atoms with van der Waals surface area (Å²) in [6.07, 6.45) is 4.24. The van der Waals surface area contributed by atoms with Gasteiger partial charge in [0, 0.05) is 6.54 Å². The zero-order chi connectivity index (χ0) is 18.5. The first-order chi connectivity index (χ1) is 12.6. The number of nitriles is 1. The Hall–Kier alpha value is -2.45. The Labute approximate surface area is 162 Å². The summed E-state index contributed by atoms with van der Waals surface area (Å²) in [5.74, 6) is -0.220. The molecule has 2 aromatic rings. The van der Waals surface area contributed by atoms with Crippen LogP contribution in [0.4, 0.5) is 0 Å². The largest absolute Gasteiger partial charge is 0.331 e. The first-order valence-electron chi connectivity index (χ1n) is 8.77. The Balaban J connectivity index is 1.93. The van der Waals surface area contributed by atoms with Gasteiger partial charge in [-0.25, -0.2) is 4.98 Å². The quantitative estimate of drug-likeness (QED) is 0.418. The molecule has 4 nitrogen and oxygen atoms in total. The van der Waals surface area contributed by atoms with Crippen LogP contribution >= 0.6 is 15.9 Å². The van der Waals surface area contributed by atoms with E-state index in [2.05, 4.69) is 46.0 Å². The van der Waals surface area contributed by atoms with Gasteiger partial charge in [0.2, 0.25) is 0 Å². The van der Waals surface area contributed by atoms with Crippen molar-refractivity contribution in [2.24, 2.45) is 0 Å². The Kier molecular flexibility index (Phi) is 5.85. The lowest BCUT2D eigenvalue weighted by atomic mass is 9.89. The van der Waals surface area contributed by atoms with Crippen molar-refractivity contribution in [3.63, 3.8) is 0 Å². The van der Waals surface area contributed by atoms with E-state index in [-0.39, 0.29) is 17.5 Å². The van der Waals surface area contributed by atoms with Gasteiger partial charge in [-0.15, -0.1) is 0 Å². The lowest BCUT2D eigenvalue weighted by Crippen LogP contribution is -2.40. The third-order valence-electron chi connectivity index (χ3n) is 4.62.